The van der Waals surface area contributed by atoms with Crippen LogP contribution in [0.3, 0.4) is 0 Å². The van der Waals surface area contributed by atoms with E-state index < -0.39 is 0 Å². The average Bonchev–Trinajstić information content (AvgIpc) is 3.04. The van der Waals surface area contributed by atoms with Crippen LogP contribution in [-0.2, 0) is 13.0 Å². The average molecular weight is 378 g/mol. The van der Waals surface area contributed by atoms with E-state index >= 15 is 0 Å². The fourth-order valence-corrected chi connectivity index (χ4v) is 3.87. The van der Waals surface area contributed by atoms with Crippen molar-refractivity contribution in [2.75, 3.05) is 13.1 Å². The van der Waals surface area contributed by atoms with Gasteiger partial charge in [-0.15, -0.1) is 6.58 Å². The highest BCUT2D eigenvalue weighted by Crippen LogP contribution is 2.36. The van der Waals surface area contributed by atoms with E-state index in [2.05, 4.69) is 43.5 Å². The molecule has 3 nitrogen and oxygen atoms in total. The maximum atomic E-state index is 11.1. The van der Waals surface area contributed by atoms with Gasteiger partial charge in [-0.25, -0.2) is 0 Å². The third-order valence-electron chi connectivity index (χ3n) is 5.05. The summed E-state index contributed by atoms with van der Waals surface area (Å²) in [6, 6.07) is 12.3. The summed E-state index contributed by atoms with van der Waals surface area (Å²) in [6.45, 7) is 13.1. The predicted octanol–water partition coefficient (Wildman–Crippen LogP) is 6.46. The molecule has 3 aromatic rings. The molecule has 0 bridgehead atoms. The number of benzene rings is 2. The Kier molecular flexibility index (Phi) is 6.58. The third-order valence-corrected chi connectivity index (χ3v) is 5.05. The molecule has 148 valence electrons. The lowest BCUT2D eigenvalue weighted by Crippen LogP contribution is -2.25. The highest BCUT2D eigenvalue weighted by Gasteiger charge is 2.15. The Morgan fingerprint density at radius 1 is 1.07 bits per heavy atom. The van der Waals surface area contributed by atoms with Gasteiger partial charge in [-0.1, -0.05) is 32.1 Å². The molecule has 0 saturated carbocycles. The quantitative estimate of drug-likeness (QED) is 0.434. The minimum atomic E-state index is 0.379. The van der Waals surface area contributed by atoms with Crippen LogP contribution in [0.15, 0.2) is 53.5 Å². The first kappa shape index (κ1) is 20.2. The molecule has 1 N–H and O–H groups in total. The van der Waals surface area contributed by atoms with Crippen LogP contribution in [0.25, 0.3) is 22.1 Å². The molecule has 0 atom stereocenters. The van der Waals surface area contributed by atoms with Gasteiger partial charge in [0.05, 0.1) is 0 Å². The van der Waals surface area contributed by atoms with E-state index in [9.17, 15) is 5.11 Å². The zero-order valence-corrected chi connectivity index (χ0v) is 17.3. The first-order valence-corrected chi connectivity index (χ1v) is 10.2. The first-order valence-electron chi connectivity index (χ1n) is 10.2. The van der Waals surface area contributed by atoms with Crippen molar-refractivity contribution < 1.29 is 9.52 Å². The molecule has 3 heteroatoms. The summed E-state index contributed by atoms with van der Waals surface area (Å²) < 4.78 is 5.70. The monoisotopic (exact) mass is 377 g/mol. The molecular formula is C25H31NO2. The molecule has 0 fully saturated rings. The maximum absolute atomic E-state index is 11.1. The van der Waals surface area contributed by atoms with Gasteiger partial charge in [0.1, 0.15) is 17.1 Å². The zero-order valence-electron chi connectivity index (χ0n) is 17.3. The normalized spacial score (nSPS) is 11.4. The van der Waals surface area contributed by atoms with Crippen molar-refractivity contribution >= 4 is 11.0 Å². The minimum absolute atomic E-state index is 0.379. The van der Waals surface area contributed by atoms with Crippen LogP contribution in [0.4, 0.5) is 0 Å². The number of hydrogen-bond acceptors (Lipinski definition) is 3. The molecule has 1 aromatic heterocycles. The number of furan rings is 1. The first-order chi connectivity index (χ1) is 13.5. The molecule has 1 heterocycles. The molecule has 0 aliphatic rings. The van der Waals surface area contributed by atoms with E-state index in [0.717, 1.165) is 72.3 Å². The van der Waals surface area contributed by atoms with Crippen LogP contribution >= 0.6 is 0 Å². The number of phenols is 1. The third kappa shape index (κ3) is 4.48. The van der Waals surface area contributed by atoms with Crippen molar-refractivity contribution in [3.8, 4) is 16.9 Å². The molecule has 3 rings (SSSR count). The second-order valence-corrected chi connectivity index (χ2v) is 7.53. The molecule has 0 radical (unpaired) electrons. The Morgan fingerprint density at radius 3 is 2.50 bits per heavy atom. The summed E-state index contributed by atoms with van der Waals surface area (Å²) in [5.41, 5.74) is 4.92. The molecular weight excluding hydrogens is 346 g/mol. The van der Waals surface area contributed by atoms with Crippen molar-refractivity contribution in [1.29, 1.82) is 0 Å². The largest absolute Gasteiger partial charge is 0.507 e. The van der Waals surface area contributed by atoms with E-state index in [0.29, 0.717) is 5.75 Å². The molecule has 28 heavy (non-hydrogen) atoms. The Morgan fingerprint density at radius 2 is 1.82 bits per heavy atom. The summed E-state index contributed by atoms with van der Waals surface area (Å²) in [6.07, 6.45) is 4.92. The fourth-order valence-electron chi connectivity index (χ4n) is 3.87. The predicted molar refractivity (Wildman–Crippen MR) is 118 cm³/mol. The van der Waals surface area contributed by atoms with E-state index in [1.54, 1.807) is 0 Å². The van der Waals surface area contributed by atoms with Gasteiger partial charge in [0.25, 0.3) is 0 Å². The molecule has 0 amide bonds. The molecule has 0 spiro atoms. The Hall–Kier alpha value is -2.52. The van der Waals surface area contributed by atoms with Crippen LogP contribution in [0.5, 0.6) is 5.75 Å². The summed E-state index contributed by atoms with van der Waals surface area (Å²) in [7, 11) is 0. The van der Waals surface area contributed by atoms with Gasteiger partial charge < -0.3 is 9.52 Å². The van der Waals surface area contributed by atoms with Gasteiger partial charge in [0.2, 0.25) is 0 Å². The lowest BCUT2D eigenvalue weighted by atomic mass is 9.95. The molecule has 2 aromatic carbocycles. The number of fused-ring (bicyclic) bond motifs is 1. The van der Waals surface area contributed by atoms with Crippen LogP contribution in [0.1, 0.15) is 43.6 Å². The van der Waals surface area contributed by atoms with Gasteiger partial charge >= 0.3 is 0 Å². The second kappa shape index (κ2) is 9.11. The van der Waals surface area contributed by atoms with Gasteiger partial charge in [-0.3, -0.25) is 4.90 Å². The van der Waals surface area contributed by atoms with E-state index in [-0.39, 0.29) is 0 Å². The highest BCUT2D eigenvalue weighted by molar-refractivity contribution is 5.86. The number of nitrogens with zero attached hydrogens (tertiary/aromatic N) is 1. The highest BCUT2D eigenvalue weighted by atomic mass is 16.3. The summed E-state index contributed by atoms with van der Waals surface area (Å²) in [5.74, 6) is 1.27. The van der Waals surface area contributed by atoms with Crippen molar-refractivity contribution in [2.45, 2.75) is 46.6 Å². The van der Waals surface area contributed by atoms with Gasteiger partial charge in [0, 0.05) is 23.1 Å². The van der Waals surface area contributed by atoms with Crippen molar-refractivity contribution in [1.82, 2.24) is 4.90 Å². The smallest absolute Gasteiger partial charge is 0.134 e. The summed E-state index contributed by atoms with van der Waals surface area (Å²) >= 11 is 0. The number of phenolic OH excluding ortho intramolecular Hbond substituents is 1. The lowest BCUT2D eigenvalue weighted by molar-refractivity contribution is 0.263. The van der Waals surface area contributed by atoms with Crippen LogP contribution in [0.2, 0.25) is 0 Å². The topological polar surface area (TPSA) is 36.6 Å². The molecule has 0 aliphatic heterocycles. The Labute approximate surface area is 168 Å². The zero-order chi connectivity index (χ0) is 20.1. The number of aryl methyl sites for hydroxylation is 1. The van der Waals surface area contributed by atoms with Crippen molar-refractivity contribution in [3.05, 3.63) is 65.9 Å². The van der Waals surface area contributed by atoms with Gasteiger partial charge in [-0.05, 0) is 74.7 Å². The van der Waals surface area contributed by atoms with Gasteiger partial charge in [0.15, 0.2) is 0 Å². The Bertz CT molecular complexity index is 949. The lowest BCUT2D eigenvalue weighted by Gasteiger charge is -2.23. The number of allylic oxidation sites excluding steroid dienone is 1. The summed E-state index contributed by atoms with van der Waals surface area (Å²) in [4.78, 5) is 2.42. The van der Waals surface area contributed by atoms with Crippen molar-refractivity contribution in [3.63, 3.8) is 0 Å². The molecule has 0 unspecified atom stereocenters. The number of hydrogen-bond donors (Lipinski definition) is 1. The van der Waals surface area contributed by atoms with Crippen LogP contribution in [-0.4, -0.2) is 23.1 Å². The van der Waals surface area contributed by atoms with Crippen LogP contribution in [0, 0.1) is 6.92 Å². The number of aromatic hydroxyl groups is 1. The van der Waals surface area contributed by atoms with E-state index in [1.807, 2.05) is 31.2 Å². The maximum Gasteiger partial charge on any atom is 0.134 e. The van der Waals surface area contributed by atoms with E-state index in [4.69, 9.17) is 4.42 Å². The number of rotatable bonds is 9. The summed E-state index contributed by atoms with van der Waals surface area (Å²) in [5, 5.41) is 12.2. The SMILES string of the molecule is C=CCc1cc(CN(CCC)CCC)c(O)c(-c2ccc3oc(C)cc3c2)c1. The fraction of sp³-hybridized carbons (Fsp3) is 0.360. The molecule has 0 aliphatic carbocycles. The van der Waals surface area contributed by atoms with Gasteiger partial charge in [-0.2, -0.15) is 0 Å². The molecule has 0 saturated heterocycles. The minimum Gasteiger partial charge on any atom is -0.507 e. The Balaban J connectivity index is 2.05. The second-order valence-electron chi connectivity index (χ2n) is 7.53. The van der Waals surface area contributed by atoms with E-state index in [1.165, 1.54) is 5.56 Å². The standard InChI is InChI=1S/C25H31NO2/c1-5-8-19-14-22(17-26(11-6-2)12-7-3)25(27)23(15-19)20-9-10-24-21(16-20)13-18(4)28-24/h5,9-10,13-16,27H,1,6-8,11-12,17H2,2-4H3. The van der Waals surface area contributed by atoms with Crippen molar-refractivity contribution in [2.24, 2.45) is 0 Å². The van der Waals surface area contributed by atoms with Crippen LogP contribution < -0.4 is 0 Å².